The van der Waals surface area contributed by atoms with Crippen LogP contribution in [0.3, 0.4) is 0 Å². The summed E-state index contributed by atoms with van der Waals surface area (Å²) in [5.41, 5.74) is 1.56. The van der Waals surface area contributed by atoms with E-state index in [1.54, 1.807) is 42.2 Å². The topological polar surface area (TPSA) is 66.8 Å². The molecule has 0 spiro atoms. The number of hydrogen-bond donors (Lipinski definition) is 1. The third-order valence-corrected chi connectivity index (χ3v) is 5.04. The summed E-state index contributed by atoms with van der Waals surface area (Å²) in [6.07, 6.45) is 1.55. The second-order valence-corrected chi connectivity index (χ2v) is 7.62. The zero-order valence-electron chi connectivity index (χ0n) is 16.6. The number of aryl methyl sites for hydroxylation is 1. The van der Waals surface area contributed by atoms with Gasteiger partial charge >= 0.3 is 0 Å². The molecule has 2 aromatic carbocycles. The van der Waals surface area contributed by atoms with E-state index in [4.69, 9.17) is 4.74 Å². The van der Waals surface area contributed by atoms with Crippen molar-refractivity contribution in [1.29, 1.82) is 0 Å². The number of carbonyl (C=O) groups excluding carboxylic acids is 2. The normalized spacial score (nSPS) is 16.9. The van der Waals surface area contributed by atoms with Crippen LogP contribution in [0.25, 0.3) is 0 Å². The highest BCUT2D eigenvalue weighted by Gasteiger charge is 2.30. The number of rotatable bonds is 5. The van der Waals surface area contributed by atoms with Gasteiger partial charge in [-0.2, -0.15) is 0 Å². The lowest BCUT2D eigenvalue weighted by molar-refractivity contribution is 0.0634. The van der Waals surface area contributed by atoms with Gasteiger partial charge in [0.05, 0.1) is 11.7 Å². The summed E-state index contributed by atoms with van der Waals surface area (Å²) in [7, 11) is 0. The smallest absolute Gasteiger partial charge is 0.257 e. The zero-order chi connectivity index (χ0) is 20.3. The lowest BCUT2D eigenvalue weighted by atomic mass is 9.89. The van der Waals surface area contributed by atoms with Gasteiger partial charge in [-0.3, -0.25) is 9.59 Å². The molecule has 1 amide bonds. The highest BCUT2D eigenvalue weighted by molar-refractivity contribution is 6.00. The molecule has 1 N–H and O–H groups in total. The number of amides is 1. The molecule has 5 nitrogen and oxygen atoms in total. The number of carbonyl (C=O) groups is 2. The van der Waals surface area contributed by atoms with Crippen LogP contribution in [0.1, 0.15) is 53.0 Å². The molecule has 0 radical (unpaired) electrons. The van der Waals surface area contributed by atoms with E-state index in [0.717, 1.165) is 12.8 Å². The third kappa shape index (κ3) is 4.35. The van der Waals surface area contributed by atoms with Crippen molar-refractivity contribution in [2.24, 2.45) is 5.92 Å². The molecule has 0 bridgehead atoms. The molecule has 0 aliphatic carbocycles. The first-order chi connectivity index (χ1) is 13.4. The number of phenols is 1. The maximum Gasteiger partial charge on any atom is 0.257 e. The average Bonchev–Trinajstić information content (AvgIpc) is 2.69. The molecule has 1 fully saturated rings. The van der Waals surface area contributed by atoms with E-state index in [9.17, 15) is 14.7 Å². The van der Waals surface area contributed by atoms with E-state index < -0.39 is 0 Å². The number of benzene rings is 2. The average molecular weight is 381 g/mol. The number of para-hydroxylation sites is 1. The summed E-state index contributed by atoms with van der Waals surface area (Å²) in [5, 5.41) is 10.2. The van der Waals surface area contributed by atoms with E-state index in [-0.39, 0.29) is 29.5 Å². The number of ether oxygens (including phenoxy) is 1. The third-order valence-electron chi connectivity index (χ3n) is 5.04. The van der Waals surface area contributed by atoms with Crippen LogP contribution in [0.4, 0.5) is 0 Å². The van der Waals surface area contributed by atoms with E-state index in [1.165, 1.54) is 0 Å². The maximum absolute atomic E-state index is 13.0. The van der Waals surface area contributed by atoms with E-state index >= 15 is 0 Å². The van der Waals surface area contributed by atoms with Gasteiger partial charge in [0, 0.05) is 24.6 Å². The first kappa shape index (κ1) is 19.9. The minimum atomic E-state index is -0.251. The molecule has 0 saturated carbocycles. The number of phenolic OH excluding ortho intramolecular Hbond substituents is 1. The first-order valence-corrected chi connectivity index (χ1v) is 9.75. The number of piperidine rings is 1. The van der Waals surface area contributed by atoms with Crippen LogP contribution in [0.15, 0.2) is 42.5 Å². The highest BCUT2D eigenvalue weighted by atomic mass is 16.5. The summed E-state index contributed by atoms with van der Waals surface area (Å²) in [6.45, 7) is 6.60. The van der Waals surface area contributed by atoms with Gasteiger partial charge in [0.2, 0.25) is 0 Å². The molecule has 1 heterocycles. The van der Waals surface area contributed by atoms with Crippen LogP contribution in [0, 0.1) is 12.8 Å². The summed E-state index contributed by atoms with van der Waals surface area (Å²) in [5.74, 6) is 0.239. The number of ketones is 1. The standard InChI is InChI=1S/C23H27NO4/c1-15(2)28-19-10-5-8-17(13-19)22(26)18-9-6-12-24(14-18)23(27)20-11-4-7-16(3)21(20)25/h4-5,7-8,10-11,13,15,18,25H,6,9,12,14H2,1-3H3. The fraction of sp³-hybridized carbons (Fsp3) is 0.391. The number of likely N-dealkylation sites (tertiary alicyclic amines) is 1. The maximum atomic E-state index is 13.0. The second-order valence-electron chi connectivity index (χ2n) is 7.62. The van der Waals surface area contributed by atoms with Crippen molar-refractivity contribution < 1.29 is 19.4 Å². The van der Waals surface area contributed by atoms with Crippen molar-refractivity contribution in [2.45, 2.75) is 39.7 Å². The molecule has 5 heteroatoms. The lowest BCUT2D eigenvalue weighted by Gasteiger charge is -2.32. The lowest BCUT2D eigenvalue weighted by Crippen LogP contribution is -2.42. The van der Waals surface area contributed by atoms with Crippen LogP contribution in [-0.4, -0.2) is 40.9 Å². The molecule has 1 atom stereocenters. The van der Waals surface area contributed by atoms with Crippen molar-refractivity contribution in [3.05, 3.63) is 59.2 Å². The first-order valence-electron chi connectivity index (χ1n) is 9.75. The highest BCUT2D eigenvalue weighted by Crippen LogP contribution is 2.27. The predicted octanol–water partition coefficient (Wildman–Crippen LogP) is 4.22. The van der Waals surface area contributed by atoms with Crippen molar-refractivity contribution >= 4 is 11.7 Å². The van der Waals surface area contributed by atoms with Gasteiger partial charge in [0.1, 0.15) is 11.5 Å². The molecule has 3 rings (SSSR count). The van der Waals surface area contributed by atoms with Gasteiger partial charge < -0.3 is 14.7 Å². The number of nitrogens with zero attached hydrogens (tertiary/aromatic N) is 1. The Kier molecular flexibility index (Phi) is 6.02. The molecule has 1 aliphatic rings. The Hall–Kier alpha value is -2.82. The Morgan fingerprint density at radius 2 is 1.93 bits per heavy atom. The van der Waals surface area contributed by atoms with Gasteiger partial charge in [0.25, 0.3) is 5.91 Å². The number of aromatic hydroxyl groups is 1. The van der Waals surface area contributed by atoms with Crippen LogP contribution in [0.2, 0.25) is 0 Å². The van der Waals surface area contributed by atoms with Gasteiger partial charge in [-0.05, 0) is 57.4 Å². The SMILES string of the molecule is Cc1cccc(C(=O)N2CCCC(C(=O)c3cccc(OC(C)C)c3)C2)c1O. The number of hydrogen-bond acceptors (Lipinski definition) is 4. The molecule has 1 aliphatic heterocycles. The van der Waals surface area contributed by atoms with Gasteiger partial charge in [0.15, 0.2) is 5.78 Å². The number of Topliss-reactive ketones (excluding diaryl/α,β-unsaturated/α-hetero) is 1. The Bertz CT molecular complexity index is 875. The molecule has 0 aromatic heterocycles. The minimum Gasteiger partial charge on any atom is -0.507 e. The van der Waals surface area contributed by atoms with Crippen molar-refractivity contribution in [2.75, 3.05) is 13.1 Å². The summed E-state index contributed by atoms with van der Waals surface area (Å²) >= 11 is 0. The molecule has 1 unspecified atom stereocenters. The van der Waals surface area contributed by atoms with Crippen molar-refractivity contribution in [3.63, 3.8) is 0 Å². The summed E-state index contributed by atoms with van der Waals surface area (Å²) < 4.78 is 5.69. The molecular weight excluding hydrogens is 354 g/mol. The quantitative estimate of drug-likeness (QED) is 0.788. The molecule has 28 heavy (non-hydrogen) atoms. The second kappa shape index (κ2) is 8.46. The molecule has 148 valence electrons. The Morgan fingerprint density at radius 1 is 1.18 bits per heavy atom. The van der Waals surface area contributed by atoms with E-state index in [1.807, 2.05) is 26.0 Å². The Morgan fingerprint density at radius 3 is 2.68 bits per heavy atom. The van der Waals surface area contributed by atoms with Crippen molar-refractivity contribution in [3.8, 4) is 11.5 Å². The van der Waals surface area contributed by atoms with Crippen LogP contribution < -0.4 is 4.74 Å². The Balaban J connectivity index is 1.75. The van der Waals surface area contributed by atoms with Crippen LogP contribution >= 0.6 is 0 Å². The fourth-order valence-corrected chi connectivity index (χ4v) is 3.61. The van der Waals surface area contributed by atoms with Crippen molar-refractivity contribution in [1.82, 2.24) is 4.90 Å². The predicted molar refractivity (Wildman–Crippen MR) is 108 cm³/mol. The van der Waals surface area contributed by atoms with Crippen LogP contribution in [-0.2, 0) is 0 Å². The van der Waals surface area contributed by atoms with Crippen LogP contribution in [0.5, 0.6) is 11.5 Å². The molecule has 1 saturated heterocycles. The Labute approximate surface area is 165 Å². The monoisotopic (exact) mass is 381 g/mol. The molecular formula is C23H27NO4. The fourth-order valence-electron chi connectivity index (χ4n) is 3.61. The van der Waals surface area contributed by atoms with Gasteiger partial charge in [-0.15, -0.1) is 0 Å². The zero-order valence-corrected chi connectivity index (χ0v) is 16.6. The molecule has 2 aromatic rings. The minimum absolute atomic E-state index is 0.0134. The van der Waals surface area contributed by atoms with E-state index in [0.29, 0.717) is 35.5 Å². The summed E-state index contributed by atoms with van der Waals surface area (Å²) in [6, 6.07) is 12.4. The van der Waals surface area contributed by atoms with Gasteiger partial charge in [-0.25, -0.2) is 0 Å². The van der Waals surface area contributed by atoms with Gasteiger partial charge in [-0.1, -0.05) is 24.3 Å². The largest absolute Gasteiger partial charge is 0.507 e. The van der Waals surface area contributed by atoms with E-state index in [2.05, 4.69) is 0 Å². The summed E-state index contributed by atoms with van der Waals surface area (Å²) in [4.78, 5) is 27.6.